The summed E-state index contributed by atoms with van der Waals surface area (Å²) in [6.45, 7) is 0. The number of rotatable bonds is 4. The Kier molecular flexibility index (Phi) is 15.8. The molecular weight excluding hydrogens is 203 g/mol. The van der Waals surface area contributed by atoms with Crippen molar-refractivity contribution in [3.63, 3.8) is 0 Å². The van der Waals surface area contributed by atoms with Crippen LogP contribution in [0.5, 0.6) is 0 Å². The van der Waals surface area contributed by atoms with Crippen molar-refractivity contribution in [2.24, 2.45) is 11.5 Å². The van der Waals surface area contributed by atoms with Crippen molar-refractivity contribution in [2.75, 3.05) is 0 Å². The Bertz CT molecular complexity index is 140. The Morgan fingerprint density at radius 1 is 1.42 bits per heavy atom. The van der Waals surface area contributed by atoms with Gasteiger partial charge in [-0.05, 0) is 6.42 Å². The van der Waals surface area contributed by atoms with Crippen molar-refractivity contribution in [2.45, 2.75) is 19.0 Å². The summed E-state index contributed by atoms with van der Waals surface area (Å²) < 4.78 is 0. The Hall–Kier alpha value is -0.290. The third kappa shape index (κ3) is 16.4. The number of allylic oxidation sites excluding steroid dienone is 1. The van der Waals surface area contributed by atoms with E-state index in [1.54, 1.807) is 12.2 Å². The third-order valence-corrected chi connectivity index (χ3v) is 0.883. The van der Waals surface area contributed by atoms with Gasteiger partial charge < -0.3 is 16.6 Å². The quantitative estimate of drug-likeness (QED) is 0.472. The monoisotopic (exact) mass is 216 g/mol. The van der Waals surface area contributed by atoms with Crippen molar-refractivity contribution >= 4 is 30.8 Å². The summed E-state index contributed by atoms with van der Waals surface area (Å²) in [5, 5.41) is 8.18. The predicted molar refractivity (Wildman–Crippen MR) is 52.7 cm³/mol. The molecule has 0 bridgehead atoms. The van der Waals surface area contributed by atoms with Gasteiger partial charge in [-0.1, -0.05) is 12.2 Å². The highest BCUT2D eigenvalue weighted by molar-refractivity contribution is 5.85. The molecule has 0 aromatic rings. The molecule has 0 amide bonds. The molecule has 0 aromatic heterocycles. The fraction of sp³-hybridized carbons (Fsp3) is 0.500. The van der Waals surface area contributed by atoms with Crippen molar-refractivity contribution < 1.29 is 9.90 Å². The Balaban J connectivity index is -0.000000405. The van der Waals surface area contributed by atoms with E-state index in [9.17, 15) is 4.79 Å². The second-order valence-corrected chi connectivity index (χ2v) is 1.94. The van der Waals surface area contributed by atoms with Gasteiger partial charge in [0.1, 0.15) is 0 Å². The second kappa shape index (κ2) is 10.7. The first-order chi connectivity index (χ1) is 4.63. The normalized spacial score (nSPS) is 9.25. The van der Waals surface area contributed by atoms with Gasteiger partial charge in [0.15, 0.2) is 0 Å². The van der Waals surface area contributed by atoms with Crippen LogP contribution in [0.2, 0.25) is 0 Å². The summed E-state index contributed by atoms with van der Waals surface area (Å²) in [7, 11) is 0. The van der Waals surface area contributed by atoms with Crippen LogP contribution in [0.15, 0.2) is 12.2 Å². The minimum Gasteiger partial charge on any atom is -0.481 e. The van der Waals surface area contributed by atoms with E-state index in [-0.39, 0.29) is 31.2 Å². The SMILES string of the molecule is Cl.Cl.NC(N)C=CCCC(=O)O. The van der Waals surface area contributed by atoms with Crippen LogP contribution >= 0.6 is 24.8 Å². The molecule has 0 radical (unpaired) electrons. The zero-order chi connectivity index (χ0) is 7.98. The molecule has 0 aliphatic heterocycles. The van der Waals surface area contributed by atoms with Crippen LogP contribution in [0, 0.1) is 0 Å². The molecule has 0 unspecified atom stereocenters. The van der Waals surface area contributed by atoms with Gasteiger partial charge >= 0.3 is 5.97 Å². The van der Waals surface area contributed by atoms with Gasteiger partial charge in [-0.15, -0.1) is 24.8 Å². The van der Waals surface area contributed by atoms with E-state index in [4.69, 9.17) is 16.6 Å². The van der Waals surface area contributed by atoms with Gasteiger partial charge in [-0.25, -0.2) is 0 Å². The van der Waals surface area contributed by atoms with Gasteiger partial charge in [0.25, 0.3) is 0 Å². The number of hydrogen-bond acceptors (Lipinski definition) is 3. The summed E-state index contributed by atoms with van der Waals surface area (Å²) in [6.07, 6.45) is 3.37. The predicted octanol–water partition coefficient (Wildman–Crippen LogP) is 0.494. The summed E-state index contributed by atoms with van der Waals surface area (Å²) >= 11 is 0. The average Bonchev–Trinajstić information content (AvgIpc) is 1.79. The number of carboxylic acids is 1. The molecule has 0 saturated carbocycles. The Morgan fingerprint density at radius 3 is 2.25 bits per heavy atom. The van der Waals surface area contributed by atoms with Gasteiger partial charge in [0.2, 0.25) is 0 Å². The highest BCUT2D eigenvalue weighted by atomic mass is 35.5. The van der Waals surface area contributed by atoms with Gasteiger partial charge in [0.05, 0.1) is 6.17 Å². The van der Waals surface area contributed by atoms with E-state index in [0.29, 0.717) is 6.42 Å². The maximum absolute atomic E-state index is 9.95. The summed E-state index contributed by atoms with van der Waals surface area (Å²) in [5.74, 6) is -0.810. The fourth-order valence-corrected chi connectivity index (χ4v) is 0.460. The number of hydrogen-bond donors (Lipinski definition) is 3. The minimum atomic E-state index is -0.810. The van der Waals surface area contributed by atoms with Crippen molar-refractivity contribution in [3.8, 4) is 0 Å². The zero-order valence-corrected chi connectivity index (χ0v) is 8.11. The molecule has 0 heterocycles. The van der Waals surface area contributed by atoms with Crippen molar-refractivity contribution in [3.05, 3.63) is 12.2 Å². The molecule has 6 heteroatoms. The van der Waals surface area contributed by atoms with E-state index in [1.165, 1.54) is 0 Å². The molecule has 0 spiro atoms. The van der Waals surface area contributed by atoms with E-state index in [1.807, 2.05) is 0 Å². The van der Waals surface area contributed by atoms with Crippen LogP contribution < -0.4 is 11.5 Å². The van der Waals surface area contributed by atoms with E-state index >= 15 is 0 Å². The van der Waals surface area contributed by atoms with E-state index in [2.05, 4.69) is 0 Å². The first kappa shape index (κ1) is 17.7. The lowest BCUT2D eigenvalue weighted by molar-refractivity contribution is -0.136. The molecule has 0 aliphatic carbocycles. The summed E-state index contributed by atoms with van der Waals surface area (Å²) in [6, 6.07) is 0. The smallest absolute Gasteiger partial charge is 0.303 e. The maximum Gasteiger partial charge on any atom is 0.303 e. The van der Waals surface area contributed by atoms with Crippen LogP contribution in [-0.4, -0.2) is 17.2 Å². The molecule has 0 fully saturated rings. The summed E-state index contributed by atoms with van der Waals surface area (Å²) in [5.41, 5.74) is 10.3. The Morgan fingerprint density at radius 2 is 1.92 bits per heavy atom. The van der Waals surface area contributed by atoms with Crippen LogP contribution in [-0.2, 0) is 4.79 Å². The lowest BCUT2D eigenvalue weighted by Crippen LogP contribution is -2.27. The number of carboxylic acid groups (broad SMARTS) is 1. The molecule has 0 saturated heterocycles. The first-order valence-corrected chi connectivity index (χ1v) is 3.02. The van der Waals surface area contributed by atoms with Crippen molar-refractivity contribution in [1.82, 2.24) is 0 Å². The largest absolute Gasteiger partial charge is 0.481 e. The van der Waals surface area contributed by atoms with Gasteiger partial charge in [-0.2, -0.15) is 0 Å². The maximum atomic E-state index is 9.95. The fourth-order valence-electron chi connectivity index (χ4n) is 0.460. The lowest BCUT2D eigenvalue weighted by atomic mass is 10.3. The number of aliphatic carboxylic acids is 1. The van der Waals surface area contributed by atoms with E-state index in [0.717, 1.165) is 0 Å². The molecule has 0 aliphatic rings. The van der Waals surface area contributed by atoms with E-state index < -0.39 is 12.1 Å². The minimum absolute atomic E-state index is 0. The van der Waals surface area contributed by atoms with Gasteiger partial charge in [-0.3, -0.25) is 4.79 Å². The molecule has 4 nitrogen and oxygen atoms in total. The topological polar surface area (TPSA) is 89.3 Å². The summed E-state index contributed by atoms with van der Waals surface area (Å²) in [4.78, 5) is 9.95. The molecule has 0 atom stereocenters. The highest BCUT2D eigenvalue weighted by Crippen LogP contribution is 1.89. The molecule has 0 aromatic carbocycles. The molecule has 5 N–H and O–H groups in total. The molecular formula is C6H14Cl2N2O2. The van der Waals surface area contributed by atoms with Crippen LogP contribution in [0.1, 0.15) is 12.8 Å². The first-order valence-electron chi connectivity index (χ1n) is 3.02. The third-order valence-electron chi connectivity index (χ3n) is 0.883. The Labute approximate surface area is 83.8 Å². The highest BCUT2D eigenvalue weighted by Gasteiger charge is 1.91. The second-order valence-electron chi connectivity index (χ2n) is 1.94. The van der Waals surface area contributed by atoms with Crippen molar-refractivity contribution in [1.29, 1.82) is 0 Å². The lowest BCUT2D eigenvalue weighted by Gasteiger charge is -1.93. The average molecular weight is 217 g/mol. The number of carbonyl (C=O) groups is 1. The molecule has 0 rings (SSSR count). The van der Waals surface area contributed by atoms with Crippen LogP contribution in [0.3, 0.4) is 0 Å². The number of nitrogens with two attached hydrogens (primary N) is 2. The van der Waals surface area contributed by atoms with Crippen LogP contribution in [0.4, 0.5) is 0 Å². The zero-order valence-electron chi connectivity index (χ0n) is 6.47. The molecule has 74 valence electrons. The standard InChI is InChI=1S/C6H12N2O2.2ClH/c7-5(8)3-1-2-4-6(9)10;;/h1,3,5H,2,4,7-8H2,(H,9,10);2*1H. The van der Waals surface area contributed by atoms with Crippen LogP contribution in [0.25, 0.3) is 0 Å². The van der Waals surface area contributed by atoms with Gasteiger partial charge in [0, 0.05) is 6.42 Å². The molecule has 12 heavy (non-hydrogen) atoms. The number of halogens is 2.